The first-order chi connectivity index (χ1) is 9.51. The molecule has 114 valence electrons. The fourth-order valence-corrected chi connectivity index (χ4v) is 2.61. The van der Waals surface area contributed by atoms with Crippen molar-refractivity contribution < 1.29 is 9.90 Å². The maximum atomic E-state index is 11.5. The minimum absolute atomic E-state index is 0.237. The number of nitrogens with zero attached hydrogens (tertiary/aromatic N) is 1. The summed E-state index contributed by atoms with van der Waals surface area (Å²) in [5, 5.41) is 18.3. The van der Waals surface area contributed by atoms with Crippen LogP contribution in [0.3, 0.4) is 0 Å². The molecule has 1 aromatic heterocycles. The SMILES string of the molecule is CCc1nc(CCNC(=O)NCC(O)CC(C)C)cs1. The zero-order valence-electron chi connectivity index (χ0n) is 12.5. The van der Waals surface area contributed by atoms with Crippen LogP contribution < -0.4 is 10.6 Å². The van der Waals surface area contributed by atoms with Gasteiger partial charge in [-0.1, -0.05) is 20.8 Å². The van der Waals surface area contributed by atoms with Crippen molar-refractivity contribution in [2.45, 2.75) is 46.1 Å². The molecule has 1 atom stereocenters. The number of hydrogen-bond donors (Lipinski definition) is 3. The van der Waals surface area contributed by atoms with Crippen LogP contribution in [-0.2, 0) is 12.8 Å². The maximum absolute atomic E-state index is 11.5. The van der Waals surface area contributed by atoms with E-state index >= 15 is 0 Å². The summed E-state index contributed by atoms with van der Waals surface area (Å²) < 4.78 is 0. The van der Waals surface area contributed by atoms with Crippen molar-refractivity contribution in [2.24, 2.45) is 5.92 Å². The fourth-order valence-electron chi connectivity index (χ4n) is 1.83. The van der Waals surface area contributed by atoms with Crippen LogP contribution in [0.15, 0.2) is 5.38 Å². The molecule has 0 saturated carbocycles. The molecule has 6 heteroatoms. The molecule has 0 spiro atoms. The molecule has 0 saturated heterocycles. The van der Waals surface area contributed by atoms with E-state index < -0.39 is 6.10 Å². The number of carbonyl (C=O) groups is 1. The largest absolute Gasteiger partial charge is 0.391 e. The van der Waals surface area contributed by atoms with Crippen molar-refractivity contribution in [1.29, 1.82) is 0 Å². The minimum Gasteiger partial charge on any atom is -0.391 e. The molecule has 3 N–H and O–H groups in total. The summed E-state index contributed by atoms with van der Waals surface area (Å²) in [6.45, 7) is 7.01. The Hall–Kier alpha value is -1.14. The maximum Gasteiger partial charge on any atom is 0.314 e. The number of hydrogen-bond acceptors (Lipinski definition) is 4. The lowest BCUT2D eigenvalue weighted by atomic mass is 10.1. The molecule has 0 aliphatic carbocycles. The van der Waals surface area contributed by atoms with E-state index in [9.17, 15) is 9.90 Å². The van der Waals surface area contributed by atoms with Gasteiger partial charge in [-0.3, -0.25) is 0 Å². The van der Waals surface area contributed by atoms with Gasteiger partial charge < -0.3 is 15.7 Å². The monoisotopic (exact) mass is 299 g/mol. The second-order valence-electron chi connectivity index (χ2n) is 5.26. The highest BCUT2D eigenvalue weighted by atomic mass is 32.1. The average molecular weight is 299 g/mol. The lowest BCUT2D eigenvalue weighted by Gasteiger charge is -2.14. The molecule has 2 amide bonds. The molecule has 0 aromatic carbocycles. The van der Waals surface area contributed by atoms with E-state index in [1.807, 2.05) is 19.2 Å². The van der Waals surface area contributed by atoms with Crippen LogP contribution in [0.2, 0.25) is 0 Å². The smallest absolute Gasteiger partial charge is 0.314 e. The quantitative estimate of drug-likeness (QED) is 0.687. The normalized spacial score (nSPS) is 12.4. The number of amides is 2. The number of aryl methyl sites for hydroxylation is 1. The molecule has 0 bridgehead atoms. The highest BCUT2D eigenvalue weighted by Gasteiger charge is 2.08. The number of aromatic nitrogens is 1. The number of urea groups is 1. The first kappa shape index (κ1) is 16.9. The molecule has 0 aliphatic heterocycles. The summed E-state index contributed by atoms with van der Waals surface area (Å²) in [7, 11) is 0. The Morgan fingerprint density at radius 3 is 2.80 bits per heavy atom. The van der Waals surface area contributed by atoms with Crippen molar-refractivity contribution in [3.8, 4) is 0 Å². The molecule has 1 unspecified atom stereocenters. The van der Waals surface area contributed by atoms with Gasteiger partial charge in [0.25, 0.3) is 0 Å². The second kappa shape index (κ2) is 8.92. The predicted molar refractivity (Wildman–Crippen MR) is 82.1 cm³/mol. The van der Waals surface area contributed by atoms with Crippen LogP contribution in [0.1, 0.15) is 37.9 Å². The Bertz CT molecular complexity index is 407. The van der Waals surface area contributed by atoms with Gasteiger partial charge in [0.15, 0.2) is 0 Å². The fraction of sp³-hybridized carbons (Fsp3) is 0.714. The van der Waals surface area contributed by atoms with E-state index in [2.05, 4.69) is 22.5 Å². The zero-order chi connectivity index (χ0) is 15.0. The van der Waals surface area contributed by atoms with Crippen LogP contribution in [-0.4, -0.2) is 35.3 Å². The Morgan fingerprint density at radius 2 is 2.20 bits per heavy atom. The number of carbonyl (C=O) groups excluding carboxylic acids is 1. The van der Waals surface area contributed by atoms with E-state index in [0.29, 0.717) is 25.4 Å². The molecule has 0 radical (unpaired) electrons. The summed E-state index contributed by atoms with van der Waals surface area (Å²) in [4.78, 5) is 16.0. The van der Waals surface area contributed by atoms with Crippen LogP contribution in [0.4, 0.5) is 4.79 Å². The first-order valence-corrected chi connectivity index (χ1v) is 8.02. The molecule has 1 rings (SSSR count). The van der Waals surface area contributed by atoms with Crippen molar-refractivity contribution >= 4 is 17.4 Å². The summed E-state index contributed by atoms with van der Waals surface area (Å²) >= 11 is 1.66. The summed E-state index contributed by atoms with van der Waals surface area (Å²) in [5.74, 6) is 0.423. The third kappa shape index (κ3) is 6.86. The average Bonchev–Trinajstić information content (AvgIpc) is 2.83. The molecular weight excluding hydrogens is 274 g/mol. The van der Waals surface area contributed by atoms with E-state index in [1.54, 1.807) is 11.3 Å². The van der Waals surface area contributed by atoms with Crippen molar-refractivity contribution in [3.63, 3.8) is 0 Å². The van der Waals surface area contributed by atoms with Crippen LogP contribution in [0.25, 0.3) is 0 Å². The van der Waals surface area contributed by atoms with Crippen LogP contribution in [0, 0.1) is 5.92 Å². The van der Waals surface area contributed by atoms with Gasteiger partial charge in [0.05, 0.1) is 16.8 Å². The standard InChI is InChI=1S/C14H25N3O2S/c1-4-13-17-11(9-20-13)5-6-15-14(19)16-8-12(18)7-10(2)3/h9-10,12,18H,4-8H2,1-3H3,(H2,15,16,19). The van der Waals surface area contributed by atoms with Gasteiger partial charge in [0, 0.05) is 24.9 Å². The Labute approximate surface area is 124 Å². The van der Waals surface area contributed by atoms with Gasteiger partial charge >= 0.3 is 6.03 Å². The van der Waals surface area contributed by atoms with Gasteiger partial charge in [-0.15, -0.1) is 11.3 Å². The Balaban J connectivity index is 2.13. The molecular formula is C14H25N3O2S. The summed E-state index contributed by atoms with van der Waals surface area (Å²) in [5.41, 5.74) is 1.02. The molecule has 5 nitrogen and oxygen atoms in total. The minimum atomic E-state index is -0.480. The van der Waals surface area contributed by atoms with Gasteiger partial charge in [-0.05, 0) is 18.8 Å². The lowest BCUT2D eigenvalue weighted by Crippen LogP contribution is -2.40. The number of nitrogens with one attached hydrogen (secondary N) is 2. The van der Waals surface area contributed by atoms with E-state index in [-0.39, 0.29) is 6.03 Å². The van der Waals surface area contributed by atoms with E-state index in [0.717, 1.165) is 23.5 Å². The number of rotatable bonds is 8. The van der Waals surface area contributed by atoms with E-state index in [4.69, 9.17) is 0 Å². The Kier molecular flexibility index (Phi) is 7.54. The number of thiazole rings is 1. The molecule has 20 heavy (non-hydrogen) atoms. The zero-order valence-corrected chi connectivity index (χ0v) is 13.3. The van der Waals surface area contributed by atoms with Crippen molar-refractivity contribution in [2.75, 3.05) is 13.1 Å². The topological polar surface area (TPSA) is 74.2 Å². The van der Waals surface area contributed by atoms with E-state index in [1.165, 1.54) is 0 Å². The molecule has 1 heterocycles. The van der Waals surface area contributed by atoms with Crippen molar-refractivity contribution in [3.05, 3.63) is 16.1 Å². The van der Waals surface area contributed by atoms with Crippen LogP contribution >= 0.6 is 11.3 Å². The first-order valence-electron chi connectivity index (χ1n) is 7.14. The lowest BCUT2D eigenvalue weighted by molar-refractivity contribution is 0.147. The van der Waals surface area contributed by atoms with Gasteiger partial charge in [0.1, 0.15) is 0 Å². The van der Waals surface area contributed by atoms with Gasteiger partial charge in [-0.2, -0.15) is 0 Å². The highest BCUT2D eigenvalue weighted by molar-refractivity contribution is 7.09. The highest BCUT2D eigenvalue weighted by Crippen LogP contribution is 2.10. The Morgan fingerprint density at radius 1 is 1.45 bits per heavy atom. The van der Waals surface area contributed by atoms with Gasteiger partial charge in [0.2, 0.25) is 0 Å². The summed E-state index contributed by atoms with van der Waals surface area (Å²) in [6.07, 6.45) is 1.90. The molecule has 0 aliphatic rings. The third-order valence-electron chi connectivity index (χ3n) is 2.81. The van der Waals surface area contributed by atoms with Crippen LogP contribution in [0.5, 0.6) is 0 Å². The molecule has 0 fully saturated rings. The van der Waals surface area contributed by atoms with Gasteiger partial charge in [-0.25, -0.2) is 9.78 Å². The molecule has 1 aromatic rings. The summed E-state index contributed by atoms with van der Waals surface area (Å²) in [6, 6.07) is -0.237. The number of aliphatic hydroxyl groups excluding tert-OH is 1. The van der Waals surface area contributed by atoms with Crippen molar-refractivity contribution in [1.82, 2.24) is 15.6 Å². The predicted octanol–water partition coefficient (Wildman–Crippen LogP) is 1.95. The second-order valence-corrected chi connectivity index (χ2v) is 6.20. The number of aliphatic hydroxyl groups is 1. The third-order valence-corrected chi connectivity index (χ3v) is 3.85.